The molecule has 3 N–H and O–H groups in total. The van der Waals surface area contributed by atoms with Gasteiger partial charge in [0.25, 0.3) is 0 Å². The van der Waals surface area contributed by atoms with Gasteiger partial charge in [0.05, 0.1) is 0 Å². The first-order valence-corrected chi connectivity index (χ1v) is 7.29. The molecular weight excluding hydrogens is 324 g/mol. The van der Waals surface area contributed by atoms with Crippen molar-refractivity contribution in [3.63, 3.8) is 0 Å². The Hall–Kier alpha value is -1.56. The maximum absolute atomic E-state index is 11.8. The number of amides is 2. The molecule has 1 aromatic carbocycles. The molecule has 1 rings (SSSR count). The Morgan fingerprint density at radius 3 is 2.60 bits per heavy atom. The second-order valence-corrected chi connectivity index (χ2v) is 5.56. The summed E-state index contributed by atoms with van der Waals surface area (Å²) in [5.41, 5.74) is 1.62. The van der Waals surface area contributed by atoms with Crippen molar-refractivity contribution >= 4 is 33.6 Å². The van der Waals surface area contributed by atoms with Gasteiger partial charge >= 0.3 is 12.0 Å². The molecule has 0 radical (unpaired) electrons. The Morgan fingerprint density at radius 2 is 2.05 bits per heavy atom. The number of carbonyl (C=O) groups is 2. The Labute approximate surface area is 126 Å². The molecule has 1 atom stereocenters. The zero-order valence-corrected chi connectivity index (χ0v) is 13.2. The zero-order valence-electron chi connectivity index (χ0n) is 11.6. The van der Waals surface area contributed by atoms with E-state index in [1.165, 1.54) is 0 Å². The second-order valence-electron chi connectivity index (χ2n) is 4.65. The van der Waals surface area contributed by atoms with Crippen molar-refractivity contribution in [2.45, 2.75) is 39.2 Å². The highest BCUT2D eigenvalue weighted by atomic mass is 79.9. The highest BCUT2D eigenvalue weighted by Crippen LogP contribution is 2.19. The number of hydrogen-bond acceptors (Lipinski definition) is 2. The summed E-state index contributed by atoms with van der Waals surface area (Å²) in [6, 6.07) is 4.12. The van der Waals surface area contributed by atoms with E-state index < -0.39 is 18.0 Å². The molecular formula is C14H19BrN2O3. The predicted molar refractivity (Wildman–Crippen MR) is 82.0 cm³/mol. The summed E-state index contributed by atoms with van der Waals surface area (Å²) in [5, 5.41) is 14.2. The number of hydrogen-bond donors (Lipinski definition) is 3. The van der Waals surface area contributed by atoms with E-state index in [0.717, 1.165) is 22.9 Å². The maximum atomic E-state index is 11.8. The predicted octanol–water partition coefficient (Wildman–Crippen LogP) is 3.52. The van der Waals surface area contributed by atoms with E-state index in [0.29, 0.717) is 12.1 Å². The summed E-state index contributed by atoms with van der Waals surface area (Å²) in [4.78, 5) is 22.9. The highest BCUT2D eigenvalue weighted by molar-refractivity contribution is 9.10. The van der Waals surface area contributed by atoms with Crippen molar-refractivity contribution in [3.05, 3.63) is 28.2 Å². The van der Waals surface area contributed by atoms with E-state index >= 15 is 0 Å². The van der Waals surface area contributed by atoms with Gasteiger partial charge in [0.1, 0.15) is 6.04 Å². The summed E-state index contributed by atoms with van der Waals surface area (Å²) in [6.07, 6.45) is 2.07. The van der Waals surface area contributed by atoms with Crippen LogP contribution in [-0.2, 0) is 4.79 Å². The van der Waals surface area contributed by atoms with E-state index in [1.807, 2.05) is 26.0 Å². The number of anilines is 1. The Bertz CT molecular complexity index is 471. The lowest BCUT2D eigenvalue weighted by atomic mass is 10.1. The first-order chi connectivity index (χ1) is 9.42. The molecule has 0 heterocycles. The monoisotopic (exact) mass is 342 g/mol. The van der Waals surface area contributed by atoms with Crippen LogP contribution in [0.3, 0.4) is 0 Å². The number of aliphatic carboxylic acids is 1. The van der Waals surface area contributed by atoms with Crippen molar-refractivity contribution in [2.75, 3.05) is 5.32 Å². The van der Waals surface area contributed by atoms with Crippen LogP contribution in [0.1, 0.15) is 31.7 Å². The van der Waals surface area contributed by atoms with Gasteiger partial charge in [0, 0.05) is 10.2 Å². The average Bonchev–Trinajstić information content (AvgIpc) is 2.32. The molecule has 5 nitrogen and oxygen atoms in total. The van der Waals surface area contributed by atoms with Gasteiger partial charge in [-0.1, -0.05) is 35.7 Å². The number of unbranched alkanes of at least 4 members (excludes halogenated alkanes) is 1. The third kappa shape index (κ3) is 5.61. The largest absolute Gasteiger partial charge is 0.480 e. The number of carboxylic acid groups (broad SMARTS) is 1. The van der Waals surface area contributed by atoms with Gasteiger partial charge in [-0.25, -0.2) is 9.59 Å². The van der Waals surface area contributed by atoms with Crippen LogP contribution in [0.15, 0.2) is 22.7 Å². The van der Waals surface area contributed by atoms with E-state index in [-0.39, 0.29) is 0 Å². The standard InChI is InChI=1S/C14H19BrN2O3/c1-3-4-5-12(13(18)19)17-14(20)16-11-7-9(2)6-10(15)8-11/h6-8,12H,3-5H2,1-2H3,(H,18,19)(H2,16,17,20). The van der Waals surface area contributed by atoms with Crippen LogP contribution in [0.2, 0.25) is 0 Å². The number of halogens is 1. The van der Waals surface area contributed by atoms with E-state index in [2.05, 4.69) is 26.6 Å². The topological polar surface area (TPSA) is 78.4 Å². The lowest BCUT2D eigenvalue weighted by molar-refractivity contribution is -0.139. The van der Waals surface area contributed by atoms with E-state index in [9.17, 15) is 9.59 Å². The van der Waals surface area contributed by atoms with Crippen molar-refractivity contribution < 1.29 is 14.7 Å². The molecule has 2 amide bonds. The van der Waals surface area contributed by atoms with Crippen molar-refractivity contribution in [1.82, 2.24) is 5.32 Å². The molecule has 6 heteroatoms. The minimum Gasteiger partial charge on any atom is -0.480 e. The molecule has 0 aliphatic rings. The first-order valence-electron chi connectivity index (χ1n) is 6.50. The summed E-state index contributed by atoms with van der Waals surface area (Å²) in [5.74, 6) is -1.01. The van der Waals surface area contributed by atoms with Crippen LogP contribution in [0.4, 0.5) is 10.5 Å². The Kier molecular flexibility index (Phi) is 6.51. The van der Waals surface area contributed by atoms with Crippen molar-refractivity contribution in [3.8, 4) is 0 Å². The van der Waals surface area contributed by atoms with Crippen LogP contribution < -0.4 is 10.6 Å². The molecule has 110 valence electrons. The van der Waals surface area contributed by atoms with Crippen molar-refractivity contribution in [1.29, 1.82) is 0 Å². The third-order valence-electron chi connectivity index (χ3n) is 2.75. The van der Waals surface area contributed by atoms with Gasteiger partial charge < -0.3 is 15.7 Å². The van der Waals surface area contributed by atoms with Crippen LogP contribution in [0, 0.1) is 6.92 Å². The number of carboxylic acids is 1. The quantitative estimate of drug-likeness (QED) is 0.739. The molecule has 20 heavy (non-hydrogen) atoms. The number of rotatable bonds is 6. The van der Waals surface area contributed by atoms with Gasteiger partial charge in [-0.2, -0.15) is 0 Å². The molecule has 0 saturated heterocycles. The molecule has 0 aliphatic heterocycles. The summed E-state index contributed by atoms with van der Waals surface area (Å²) in [7, 11) is 0. The van der Waals surface area contributed by atoms with Crippen molar-refractivity contribution in [2.24, 2.45) is 0 Å². The Balaban J connectivity index is 2.63. The molecule has 0 saturated carbocycles. The van der Waals surface area contributed by atoms with Gasteiger partial charge in [0.2, 0.25) is 0 Å². The lowest BCUT2D eigenvalue weighted by Gasteiger charge is -2.15. The molecule has 0 spiro atoms. The maximum Gasteiger partial charge on any atom is 0.326 e. The normalized spacial score (nSPS) is 11.8. The van der Waals surface area contributed by atoms with Crippen LogP contribution in [0.25, 0.3) is 0 Å². The fraction of sp³-hybridized carbons (Fsp3) is 0.429. The molecule has 0 bridgehead atoms. The number of carbonyl (C=O) groups excluding carboxylic acids is 1. The first kappa shape index (κ1) is 16.5. The number of benzene rings is 1. The van der Waals surface area contributed by atoms with Crippen LogP contribution >= 0.6 is 15.9 Å². The van der Waals surface area contributed by atoms with Gasteiger partial charge in [0.15, 0.2) is 0 Å². The number of nitrogens with one attached hydrogen (secondary N) is 2. The van der Waals surface area contributed by atoms with Gasteiger partial charge in [-0.05, 0) is 37.1 Å². The fourth-order valence-electron chi connectivity index (χ4n) is 1.80. The minimum absolute atomic E-state index is 0.427. The smallest absolute Gasteiger partial charge is 0.326 e. The lowest BCUT2D eigenvalue weighted by Crippen LogP contribution is -2.42. The summed E-state index contributed by atoms with van der Waals surface area (Å²) >= 11 is 3.35. The number of urea groups is 1. The van der Waals surface area contributed by atoms with E-state index in [4.69, 9.17) is 5.11 Å². The number of aryl methyl sites for hydroxylation is 1. The second kappa shape index (κ2) is 7.89. The average molecular weight is 343 g/mol. The van der Waals surface area contributed by atoms with Crippen LogP contribution in [-0.4, -0.2) is 23.1 Å². The molecule has 1 unspecified atom stereocenters. The third-order valence-corrected chi connectivity index (χ3v) is 3.21. The van der Waals surface area contributed by atoms with Gasteiger partial charge in [-0.3, -0.25) is 0 Å². The Morgan fingerprint density at radius 1 is 1.35 bits per heavy atom. The SMILES string of the molecule is CCCCC(NC(=O)Nc1cc(C)cc(Br)c1)C(=O)O. The summed E-state index contributed by atoms with van der Waals surface area (Å²) < 4.78 is 0.855. The zero-order chi connectivity index (χ0) is 15.1. The van der Waals surface area contributed by atoms with E-state index in [1.54, 1.807) is 6.07 Å². The molecule has 0 aliphatic carbocycles. The van der Waals surface area contributed by atoms with Gasteiger partial charge in [-0.15, -0.1) is 0 Å². The fourth-order valence-corrected chi connectivity index (χ4v) is 2.41. The highest BCUT2D eigenvalue weighted by Gasteiger charge is 2.19. The minimum atomic E-state index is -1.01. The molecule has 1 aromatic rings. The summed E-state index contributed by atoms with van der Waals surface area (Å²) in [6.45, 7) is 3.89. The van der Waals surface area contributed by atoms with Crippen LogP contribution in [0.5, 0.6) is 0 Å². The molecule has 0 aromatic heterocycles. The molecule has 0 fully saturated rings.